The van der Waals surface area contributed by atoms with Crippen molar-refractivity contribution in [2.24, 2.45) is 0 Å². The molecule has 2 aromatic rings. The lowest BCUT2D eigenvalue weighted by Crippen LogP contribution is -1.90. The molecule has 4 nitrogen and oxygen atoms in total. The van der Waals surface area contributed by atoms with Crippen molar-refractivity contribution >= 4 is 5.69 Å². The molecule has 0 atom stereocenters. The van der Waals surface area contributed by atoms with Crippen LogP contribution in [0.1, 0.15) is 5.69 Å². The summed E-state index contributed by atoms with van der Waals surface area (Å²) >= 11 is 0. The number of hydrogen-bond acceptors (Lipinski definition) is 4. The van der Waals surface area contributed by atoms with Gasteiger partial charge in [0.1, 0.15) is 6.26 Å². The summed E-state index contributed by atoms with van der Waals surface area (Å²) in [5, 5.41) is 0. The Kier molecular flexibility index (Phi) is 1.73. The molecule has 0 fully saturated rings. The van der Waals surface area contributed by atoms with Crippen molar-refractivity contribution in [2.75, 3.05) is 5.73 Å². The number of pyridine rings is 1. The van der Waals surface area contributed by atoms with Gasteiger partial charge >= 0.3 is 0 Å². The molecule has 2 heterocycles. The topological polar surface area (TPSA) is 64.9 Å². The Hall–Kier alpha value is -1.84. The average molecular weight is 175 g/mol. The molecule has 0 bridgehead atoms. The summed E-state index contributed by atoms with van der Waals surface area (Å²) in [6, 6.07) is 1.78. The molecule has 0 saturated heterocycles. The van der Waals surface area contributed by atoms with E-state index in [1.165, 1.54) is 0 Å². The maximum atomic E-state index is 5.70. The van der Waals surface area contributed by atoms with Crippen molar-refractivity contribution < 1.29 is 4.42 Å². The van der Waals surface area contributed by atoms with Gasteiger partial charge in [-0.3, -0.25) is 4.98 Å². The number of anilines is 1. The average Bonchev–Trinajstić information content (AvgIpc) is 2.53. The van der Waals surface area contributed by atoms with Gasteiger partial charge in [0, 0.05) is 6.20 Å². The standard InChI is InChI=1S/C9H9N3O/c1-6-5-13-9(12-6)7-2-3-11-4-8(7)10/h2-5H,10H2,1H3. The summed E-state index contributed by atoms with van der Waals surface area (Å²) in [5.74, 6) is 0.539. The fourth-order valence-corrected chi connectivity index (χ4v) is 1.08. The van der Waals surface area contributed by atoms with Gasteiger partial charge in [0.05, 0.1) is 23.1 Å². The molecule has 0 unspecified atom stereocenters. The zero-order valence-electron chi connectivity index (χ0n) is 7.19. The third-order valence-electron chi connectivity index (χ3n) is 1.70. The Balaban J connectivity index is 2.52. The molecular formula is C9H9N3O. The molecule has 2 aromatic heterocycles. The zero-order valence-corrected chi connectivity index (χ0v) is 7.19. The molecule has 13 heavy (non-hydrogen) atoms. The minimum atomic E-state index is 0.539. The molecule has 0 radical (unpaired) electrons. The van der Waals surface area contributed by atoms with E-state index >= 15 is 0 Å². The van der Waals surface area contributed by atoms with Crippen LogP contribution in [0, 0.1) is 6.92 Å². The fourth-order valence-electron chi connectivity index (χ4n) is 1.08. The number of nitrogen functional groups attached to an aromatic ring is 1. The largest absolute Gasteiger partial charge is 0.444 e. The van der Waals surface area contributed by atoms with Gasteiger partial charge in [0.15, 0.2) is 0 Å². The van der Waals surface area contributed by atoms with Crippen LogP contribution >= 0.6 is 0 Å². The molecule has 0 spiro atoms. The van der Waals surface area contributed by atoms with Gasteiger partial charge in [0.25, 0.3) is 0 Å². The molecule has 0 aliphatic rings. The van der Waals surface area contributed by atoms with E-state index < -0.39 is 0 Å². The van der Waals surface area contributed by atoms with Gasteiger partial charge < -0.3 is 10.2 Å². The molecule has 0 aliphatic heterocycles. The molecule has 2 rings (SSSR count). The van der Waals surface area contributed by atoms with Crippen LogP contribution in [0.3, 0.4) is 0 Å². The van der Waals surface area contributed by atoms with Crippen molar-refractivity contribution in [2.45, 2.75) is 6.92 Å². The fraction of sp³-hybridized carbons (Fsp3) is 0.111. The summed E-state index contributed by atoms with van der Waals surface area (Å²) in [4.78, 5) is 8.05. The molecule has 66 valence electrons. The summed E-state index contributed by atoms with van der Waals surface area (Å²) < 4.78 is 5.21. The summed E-state index contributed by atoms with van der Waals surface area (Å²) in [5.41, 5.74) is 7.89. The van der Waals surface area contributed by atoms with Gasteiger partial charge in [-0.1, -0.05) is 0 Å². The van der Waals surface area contributed by atoms with E-state index in [1.807, 2.05) is 6.92 Å². The number of hydrogen-bond donors (Lipinski definition) is 1. The predicted octanol–water partition coefficient (Wildman–Crippen LogP) is 1.63. The van der Waals surface area contributed by atoms with Crippen molar-refractivity contribution in [3.8, 4) is 11.5 Å². The van der Waals surface area contributed by atoms with E-state index in [0.29, 0.717) is 11.6 Å². The number of nitrogens with zero attached hydrogens (tertiary/aromatic N) is 2. The number of aromatic nitrogens is 2. The minimum absolute atomic E-state index is 0.539. The van der Waals surface area contributed by atoms with E-state index in [-0.39, 0.29) is 0 Å². The van der Waals surface area contributed by atoms with Crippen LogP contribution in [0.2, 0.25) is 0 Å². The first-order chi connectivity index (χ1) is 6.27. The Bertz CT molecular complexity index is 422. The lowest BCUT2D eigenvalue weighted by Gasteiger charge is -1.97. The summed E-state index contributed by atoms with van der Waals surface area (Å²) in [6.45, 7) is 1.87. The monoisotopic (exact) mass is 175 g/mol. The highest BCUT2D eigenvalue weighted by Gasteiger charge is 2.06. The second-order valence-corrected chi connectivity index (χ2v) is 2.76. The summed E-state index contributed by atoms with van der Waals surface area (Å²) in [7, 11) is 0. The lowest BCUT2D eigenvalue weighted by atomic mass is 10.2. The Morgan fingerprint density at radius 1 is 1.46 bits per heavy atom. The molecular weight excluding hydrogens is 166 g/mol. The maximum absolute atomic E-state index is 5.70. The maximum Gasteiger partial charge on any atom is 0.228 e. The number of oxazole rings is 1. The molecule has 2 N–H and O–H groups in total. The van der Waals surface area contributed by atoms with Crippen molar-refractivity contribution in [3.63, 3.8) is 0 Å². The highest BCUT2D eigenvalue weighted by Crippen LogP contribution is 2.23. The molecule has 4 heteroatoms. The van der Waals surface area contributed by atoms with Gasteiger partial charge in [-0.15, -0.1) is 0 Å². The smallest absolute Gasteiger partial charge is 0.228 e. The zero-order chi connectivity index (χ0) is 9.26. The summed E-state index contributed by atoms with van der Waals surface area (Å²) in [6.07, 6.45) is 4.83. The Morgan fingerprint density at radius 3 is 2.92 bits per heavy atom. The van der Waals surface area contributed by atoms with Gasteiger partial charge in [-0.05, 0) is 13.0 Å². The second kappa shape index (κ2) is 2.90. The number of rotatable bonds is 1. The minimum Gasteiger partial charge on any atom is -0.444 e. The SMILES string of the molecule is Cc1coc(-c2ccncc2N)n1. The van der Waals surface area contributed by atoms with Crippen LogP contribution in [0.15, 0.2) is 29.1 Å². The van der Waals surface area contributed by atoms with E-state index in [2.05, 4.69) is 9.97 Å². The quantitative estimate of drug-likeness (QED) is 0.715. The van der Waals surface area contributed by atoms with Gasteiger partial charge in [-0.25, -0.2) is 4.98 Å². The van der Waals surface area contributed by atoms with Gasteiger partial charge in [-0.2, -0.15) is 0 Å². The molecule has 0 saturated carbocycles. The number of aryl methyl sites for hydroxylation is 1. The number of nitrogens with two attached hydrogens (primary N) is 1. The molecule has 0 aliphatic carbocycles. The molecule has 0 aromatic carbocycles. The van der Waals surface area contributed by atoms with Gasteiger partial charge in [0.2, 0.25) is 5.89 Å². The first-order valence-corrected chi connectivity index (χ1v) is 3.89. The lowest BCUT2D eigenvalue weighted by molar-refractivity contribution is 0.573. The van der Waals surface area contributed by atoms with Crippen molar-refractivity contribution in [1.82, 2.24) is 9.97 Å². The first kappa shape index (κ1) is 7.79. The first-order valence-electron chi connectivity index (χ1n) is 3.89. The second-order valence-electron chi connectivity index (χ2n) is 2.76. The van der Waals surface area contributed by atoms with Crippen LogP contribution in [0.25, 0.3) is 11.5 Å². The highest BCUT2D eigenvalue weighted by atomic mass is 16.3. The van der Waals surface area contributed by atoms with Crippen LogP contribution in [0.4, 0.5) is 5.69 Å². The highest BCUT2D eigenvalue weighted by molar-refractivity contribution is 5.68. The third kappa shape index (κ3) is 1.38. The van der Waals surface area contributed by atoms with E-state index in [1.54, 1.807) is 24.7 Å². The van der Waals surface area contributed by atoms with Crippen LogP contribution in [-0.2, 0) is 0 Å². The van der Waals surface area contributed by atoms with Crippen LogP contribution in [0.5, 0.6) is 0 Å². The third-order valence-corrected chi connectivity index (χ3v) is 1.70. The normalized spacial score (nSPS) is 10.2. The van der Waals surface area contributed by atoms with Crippen LogP contribution < -0.4 is 5.73 Å². The van der Waals surface area contributed by atoms with Crippen molar-refractivity contribution in [3.05, 3.63) is 30.4 Å². The van der Waals surface area contributed by atoms with E-state index in [0.717, 1.165) is 11.3 Å². The van der Waals surface area contributed by atoms with Crippen LogP contribution in [-0.4, -0.2) is 9.97 Å². The Labute approximate surface area is 75.4 Å². The Morgan fingerprint density at radius 2 is 2.31 bits per heavy atom. The molecule has 0 amide bonds. The van der Waals surface area contributed by atoms with E-state index in [4.69, 9.17) is 10.2 Å². The predicted molar refractivity (Wildman–Crippen MR) is 48.9 cm³/mol. The van der Waals surface area contributed by atoms with Crippen molar-refractivity contribution in [1.29, 1.82) is 0 Å². The van der Waals surface area contributed by atoms with E-state index in [9.17, 15) is 0 Å².